The monoisotopic (exact) mass is 373 g/mol. The van der Waals surface area contributed by atoms with Gasteiger partial charge in [0, 0.05) is 22.0 Å². The van der Waals surface area contributed by atoms with Crippen LogP contribution in [0.25, 0.3) is 16.6 Å². The number of ketones is 2. The highest BCUT2D eigenvalue weighted by Crippen LogP contribution is 2.25. The van der Waals surface area contributed by atoms with Crippen molar-refractivity contribution in [3.8, 4) is 10.6 Å². The van der Waals surface area contributed by atoms with E-state index in [-0.39, 0.29) is 5.76 Å². The summed E-state index contributed by atoms with van der Waals surface area (Å²) in [6, 6.07) is 7.25. The second-order valence-corrected chi connectivity index (χ2v) is 6.63. The fourth-order valence-corrected chi connectivity index (χ4v) is 3.17. The lowest BCUT2D eigenvalue weighted by atomic mass is 9.96. The van der Waals surface area contributed by atoms with Crippen LogP contribution in [-0.2, 0) is 19.1 Å². The van der Waals surface area contributed by atoms with Crippen LogP contribution in [0.3, 0.4) is 0 Å². The lowest BCUT2D eigenvalue weighted by Gasteiger charge is -2.15. The summed E-state index contributed by atoms with van der Waals surface area (Å²) in [4.78, 5) is 40.1. The topological polar surface area (TPSA) is 73.3 Å². The van der Waals surface area contributed by atoms with E-state index in [1.807, 2.05) is 12.1 Å². The zero-order chi connectivity index (χ0) is 18.0. The van der Waals surface area contributed by atoms with E-state index in [1.165, 1.54) is 30.4 Å². The van der Waals surface area contributed by atoms with Gasteiger partial charge in [0.25, 0.3) is 0 Å². The lowest BCUT2D eigenvalue weighted by Crippen LogP contribution is -2.34. The molecule has 1 atom stereocenters. The molecule has 0 saturated carbocycles. The Bertz CT molecular complexity index is 911. The van der Waals surface area contributed by atoms with Crippen molar-refractivity contribution in [2.75, 3.05) is 0 Å². The Balaban J connectivity index is 1.74. The first-order valence-corrected chi connectivity index (χ1v) is 8.57. The number of nitrogens with zero attached hydrogens (tertiary/aromatic N) is 1. The van der Waals surface area contributed by atoms with Crippen molar-refractivity contribution in [1.82, 2.24) is 4.98 Å². The number of carbonyl (C=O) groups excluding carboxylic acids is 3. The second kappa shape index (κ2) is 7.13. The van der Waals surface area contributed by atoms with E-state index in [0.717, 1.165) is 16.6 Å². The number of hydrogen-bond donors (Lipinski definition) is 0. The predicted molar refractivity (Wildman–Crippen MR) is 94.9 cm³/mol. The molecule has 1 unspecified atom stereocenters. The van der Waals surface area contributed by atoms with Gasteiger partial charge < -0.3 is 4.74 Å². The first kappa shape index (κ1) is 17.3. The summed E-state index contributed by atoms with van der Waals surface area (Å²) in [6.07, 6.45) is 3.81. The SMILES string of the molecule is CC1=CC(=O)C(C(=O)/C=C/c2csc(-c3ccc(Cl)cc3)n2)C(=O)O1. The number of cyclic esters (lactones) is 1. The molecule has 126 valence electrons. The van der Waals surface area contributed by atoms with Crippen LogP contribution in [0, 0.1) is 5.92 Å². The highest BCUT2D eigenvalue weighted by atomic mass is 35.5. The van der Waals surface area contributed by atoms with Gasteiger partial charge in [0.2, 0.25) is 0 Å². The van der Waals surface area contributed by atoms with Gasteiger partial charge >= 0.3 is 5.97 Å². The van der Waals surface area contributed by atoms with E-state index in [4.69, 9.17) is 16.3 Å². The summed E-state index contributed by atoms with van der Waals surface area (Å²) in [5.74, 6) is -3.28. The number of thiazole rings is 1. The molecule has 1 aliphatic rings. The molecule has 0 aliphatic carbocycles. The van der Waals surface area contributed by atoms with E-state index in [2.05, 4.69) is 4.98 Å². The van der Waals surface area contributed by atoms with Gasteiger partial charge in [-0.1, -0.05) is 23.7 Å². The van der Waals surface area contributed by atoms with Crippen LogP contribution in [0.4, 0.5) is 0 Å². The van der Waals surface area contributed by atoms with Crippen molar-refractivity contribution >= 4 is 46.5 Å². The smallest absolute Gasteiger partial charge is 0.329 e. The minimum atomic E-state index is -1.44. The number of benzene rings is 1. The maximum Gasteiger partial charge on any atom is 0.329 e. The van der Waals surface area contributed by atoms with Crippen LogP contribution < -0.4 is 0 Å². The predicted octanol–water partition coefficient (Wildman–Crippen LogP) is 3.69. The molecule has 0 radical (unpaired) electrons. The fourth-order valence-electron chi connectivity index (χ4n) is 2.25. The number of esters is 1. The fraction of sp³-hybridized carbons (Fsp3) is 0.111. The summed E-state index contributed by atoms with van der Waals surface area (Å²) in [6.45, 7) is 1.49. The molecule has 0 amide bonds. The zero-order valence-electron chi connectivity index (χ0n) is 13.1. The van der Waals surface area contributed by atoms with E-state index in [9.17, 15) is 14.4 Å². The number of hydrogen-bond acceptors (Lipinski definition) is 6. The maximum atomic E-state index is 12.1. The molecule has 0 N–H and O–H groups in total. The highest BCUT2D eigenvalue weighted by molar-refractivity contribution is 7.13. The van der Waals surface area contributed by atoms with Gasteiger partial charge in [-0.3, -0.25) is 14.4 Å². The lowest BCUT2D eigenvalue weighted by molar-refractivity contribution is -0.151. The Labute approximate surface area is 152 Å². The van der Waals surface area contributed by atoms with E-state index < -0.39 is 23.5 Å². The van der Waals surface area contributed by atoms with Gasteiger partial charge in [0.05, 0.1) is 5.69 Å². The van der Waals surface area contributed by atoms with E-state index in [0.29, 0.717) is 10.7 Å². The number of ether oxygens (including phenoxy) is 1. The first-order chi connectivity index (χ1) is 11.9. The van der Waals surface area contributed by atoms with E-state index >= 15 is 0 Å². The van der Waals surface area contributed by atoms with Crippen molar-refractivity contribution in [2.24, 2.45) is 5.92 Å². The molecule has 7 heteroatoms. The van der Waals surface area contributed by atoms with Crippen LogP contribution >= 0.6 is 22.9 Å². The van der Waals surface area contributed by atoms with Crippen LogP contribution in [-0.4, -0.2) is 22.5 Å². The van der Waals surface area contributed by atoms with Crippen LogP contribution in [0.5, 0.6) is 0 Å². The summed E-state index contributed by atoms with van der Waals surface area (Å²) < 4.78 is 4.84. The van der Waals surface area contributed by atoms with Crippen molar-refractivity contribution < 1.29 is 19.1 Å². The van der Waals surface area contributed by atoms with Crippen molar-refractivity contribution in [3.63, 3.8) is 0 Å². The number of halogens is 1. The minimum Gasteiger partial charge on any atom is -0.430 e. The van der Waals surface area contributed by atoms with Gasteiger partial charge in [0.1, 0.15) is 10.8 Å². The molecule has 1 aromatic heterocycles. The average molecular weight is 374 g/mol. The number of rotatable bonds is 4. The molecule has 25 heavy (non-hydrogen) atoms. The molecule has 0 saturated heterocycles. The Hall–Kier alpha value is -2.57. The summed E-state index contributed by atoms with van der Waals surface area (Å²) >= 11 is 7.27. The van der Waals surface area contributed by atoms with Gasteiger partial charge in [0.15, 0.2) is 17.5 Å². The van der Waals surface area contributed by atoms with Crippen molar-refractivity contribution in [1.29, 1.82) is 0 Å². The molecule has 0 fully saturated rings. The van der Waals surface area contributed by atoms with Crippen molar-refractivity contribution in [3.05, 3.63) is 58.3 Å². The molecule has 1 aliphatic heterocycles. The third-order valence-electron chi connectivity index (χ3n) is 3.44. The molecule has 2 aromatic rings. The van der Waals surface area contributed by atoms with Gasteiger partial charge in [-0.2, -0.15) is 0 Å². The quantitative estimate of drug-likeness (QED) is 0.464. The number of carbonyl (C=O) groups is 3. The molecule has 0 bridgehead atoms. The summed E-state index contributed by atoms with van der Waals surface area (Å²) in [5.41, 5.74) is 1.47. The normalized spacial score (nSPS) is 17.5. The molecule has 1 aromatic carbocycles. The molecular formula is C18H12ClNO4S. The zero-order valence-corrected chi connectivity index (χ0v) is 14.6. The molecular weight excluding hydrogens is 362 g/mol. The Morgan fingerprint density at radius 2 is 2.00 bits per heavy atom. The molecule has 5 nitrogen and oxygen atoms in total. The summed E-state index contributed by atoms with van der Waals surface area (Å²) in [5, 5.41) is 3.19. The average Bonchev–Trinajstić information content (AvgIpc) is 3.01. The van der Waals surface area contributed by atoms with Gasteiger partial charge in [-0.15, -0.1) is 11.3 Å². The van der Waals surface area contributed by atoms with E-state index in [1.54, 1.807) is 17.5 Å². The maximum absolute atomic E-state index is 12.1. The first-order valence-electron chi connectivity index (χ1n) is 7.31. The Morgan fingerprint density at radius 3 is 2.68 bits per heavy atom. The Kier molecular flexibility index (Phi) is 4.92. The Morgan fingerprint density at radius 1 is 1.28 bits per heavy atom. The van der Waals surface area contributed by atoms with Gasteiger partial charge in [-0.05, 0) is 31.2 Å². The minimum absolute atomic E-state index is 0.190. The third kappa shape index (κ3) is 3.92. The van der Waals surface area contributed by atoms with Crippen LogP contribution in [0.2, 0.25) is 5.02 Å². The third-order valence-corrected chi connectivity index (χ3v) is 4.60. The highest BCUT2D eigenvalue weighted by Gasteiger charge is 2.36. The summed E-state index contributed by atoms with van der Waals surface area (Å²) in [7, 11) is 0. The molecule has 0 spiro atoms. The number of allylic oxidation sites excluding steroid dienone is 3. The standard InChI is InChI=1S/C18H12ClNO4S/c1-10-8-15(22)16(18(23)24-10)14(21)7-6-13-9-25-17(20-13)11-2-4-12(19)5-3-11/h2-9,16H,1H3/b7-6+. The van der Waals surface area contributed by atoms with Gasteiger partial charge in [-0.25, -0.2) is 4.98 Å². The molecule has 3 rings (SSSR count). The van der Waals surface area contributed by atoms with Crippen LogP contribution in [0.1, 0.15) is 12.6 Å². The van der Waals surface area contributed by atoms with Crippen LogP contribution in [0.15, 0.2) is 47.6 Å². The van der Waals surface area contributed by atoms with Crippen molar-refractivity contribution in [2.45, 2.75) is 6.92 Å². The molecule has 2 heterocycles. The second-order valence-electron chi connectivity index (χ2n) is 5.33. The largest absolute Gasteiger partial charge is 0.430 e. The number of aromatic nitrogens is 1.